The largest absolute Gasteiger partial charge is 0.497 e. The van der Waals surface area contributed by atoms with Crippen LogP contribution in [0.5, 0.6) is 5.75 Å². The lowest BCUT2D eigenvalue weighted by atomic mass is 9.80. The molecule has 1 amide bonds. The van der Waals surface area contributed by atoms with Crippen LogP contribution in [0.15, 0.2) is 24.3 Å². The molecule has 2 N–H and O–H groups in total. The number of halogens is 1. The fraction of sp³-hybridized carbons (Fsp3) is 0.632. The highest BCUT2D eigenvalue weighted by Gasteiger charge is 2.41. The van der Waals surface area contributed by atoms with E-state index in [1.165, 1.54) is 5.56 Å². The van der Waals surface area contributed by atoms with E-state index in [9.17, 15) is 4.79 Å². The van der Waals surface area contributed by atoms with Crippen molar-refractivity contribution in [1.82, 2.24) is 4.90 Å². The number of benzene rings is 1. The Balaban J connectivity index is 0.00000208. The zero-order valence-electron chi connectivity index (χ0n) is 14.7. The highest BCUT2D eigenvalue weighted by atomic mass is 35.5. The summed E-state index contributed by atoms with van der Waals surface area (Å²) < 4.78 is 5.20. The molecule has 2 aliphatic rings. The van der Waals surface area contributed by atoms with E-state index in [4.69, 9.17) is 10.5 Å². The number of nitrogens with two attached hydrogens (primary N) is 1. The molecule has 1 heterocycles. The second kappa shape index (κ2) is 7.75. The van der Waals surface area contributed by atoms with Gasteiger partial charge in [0.25, 0.3) is 0 Å². The number of likely N-dealkylation sites (tertiary alicyclic amines) is 1. The van der Waals surface area contributed by atoms with Crippen molar-refractivity contribution in [3.8, 4) is 5.75 Å². The number of carbonyl (C=O) groups is 1. The first kappa shape index (κ1) is 19.1. The lowest BCUT2D eigenvalue weighted by Crippen LogP contribution is -2.44. The first-order chi connectivity index (χ1) is 11.0. The Morgan fingerprint density at radius 2 is 1.92 bits per heavy atom. The van der Waals surface area contributed by atoms with Crippen LogP contribution in [-0.4, -0.2) is 37.6 Å². The molecule has 2 atom stereocenters. The van der Waals surface area contributed by atoms with Gasteiger partial charge in [0, 0.05) is 19.5 Å². The number of piperidine rings is 1. The summed E-state index contributed by atoms with van der Waals surface area (Å²) in [5.74, 6) is 2.27. The topological polar surface area (TPSA) is 55.6 Å². The van der Waals surface area contributed by atoms with Gasteiger partial charge in [0.15, 0.2) is 0 Å². The highest BCUT2D eigenvalue weighted by molar-refractivity contribution is 5.85. The maximum absolute atomic E-state index is 12.5. The zero-order chi connectivity index (χ0) is 16.4. The summed E-state index contributed by atoms with van der Waals surface area (Å²) in [7, 11) is 1.68. The third kappa shape index (κ3) is 4.22. The fourth-order valence-electron chi connectivity index (χ4n) is 3.59. The molecule has 134 valence electrons. The maximum atomic E-state index is 12.5. The number of ether oxygens (including phenoxy) is 1. The Bertz CT molecular complexity index is 553. The minimum absolute atomic E-state index is 0. The van der Waals surface area contributed by atoms with E-state index >= 15 is 0 Å². The van der Waals surface area contributed by atoms with Crippen molar-refractivity contribution in [2.75, 3.05) is 26.7 Å². The van der Waals surface area contributed by atoms with Crippen molar-refractivity contribution >= 4 is 18.3 Å². The van der Waals surface area contributed by atoms with Gasteiger partial charge in [0.2, 0.25) is 5.91 Å². The van der Waals surface area contributed by atoms with Crippen LogP contribution in [0.1, 0.15) is 44.1 Å². The molecule has 0 radical (unpaired) electrons. The smallest absolute Gasteiger partial charge is 0.222 e. The van der Waals surface area contributed by atoms with Gasteiger partial charge in [0.05, 0.1) is 7.11 Å². The minimum atomic E-state index is 0. The van der Waals surface area contributed by atoms with Crippen LogP contribution in [0.25, 0.3) is 0 Å². The Labute approximate surface area is 151 Å². The fourth-order valence-corrected chi connectivity index (χ4v) is 3.59. The van der Waals surface area contributed by atoms with Crippen LogP contribution in [0.3, 0.4) is 0 Å². The number of nitrogens with zero attached hydrogens (tertiary/aromatic N) is 1. The van der Waals surface area contributed by atoms with Crippen LogP contribution in [0, 0.1) is 11.3 Å². The molecule has 5 heteroatoms. The summed E-state index contributed by atoms with van der Waals surface area (Å²) in [6.45, 7) is 4.69. The average Bonchev–Trinajstić information content (AvgIpc) is 3.34. The van der Waals surface area contributed by atoms with Gasteiger partial charge in [-0.05, 0) is 60.8 Å². The zero-order valence-corrected chi connectivity index (χ0v) is 15.5. The summed E-state index contributed by atoms with van der Waals surface area (Å²) >= 11 is 0. The van der Waals surface area contributed by atoms with E-state index < -0.39 is 0 Å². The van der Waals surface area contributed by atoms with Gasteiger partial charge >= 0.3 is 0 Å². The summed E-state index contributed by atoms with van der Waals surface area (Å²) in [6.07, 6.45) is 3.88. The number of carbonyl (C=O) groups excluding carboxylic acids is 1. The van der Waals surface area contributed by atoms with Crippen LogP contribution in [-0.2, 0) is 4.79 Å². The second-order valence-corrected chi connectivity index (χ2v) is 7.48. The van der Waals surface area contributed by atoms with Gasteiger partial charge in [-0.25, -0.2) is 0 Å². The van der Waals surface area contributed by atoms with E-state index in [0.717, 1.165) is 44.6 Å². The lowest BCUT2D eigenvalue weighted by Gasteiger charge is -2.38. The standard InChI is InChI=1S/C19H28N2O2.ClH/c1-19(13-20)7-9-21(10-8-19)18(22)12-15-11-17(15)14-3-5-16(23-2)6-4-14;/h3-6,15,17H,7-13,20H2,1-2H3;1H/t15-,17-;/m0./s1. The van der Waals surface area contributed by atoms with E-state index in [1.807, 2.05) is 17.0 Å². The third-order valence-corrected chi connectivity index (χ3v) is 5.72. The molecule has 1 aliphatic carbocycles. The lowest BCUT2D eigenvalue weighted by molar-refractivity contribution is -0.133. The SMILES string of the molecule is COc1ccc([C@@H]2C[C@H]2CC(=O)N2CCC(C)(CN)CC2)cc1.Cl. The van der Waals surface area contributed by atoms with Crippen molar-refractivity contribution in [3.63, 3.8) is 0 Å². The molecule has 1 aromatic rings. The molecule has 1 aliphatic heterocycles. The molecule has 4 nitrogen and oxygen atoms in total. The summed E-state index contributed by atoms with van der Waals surface area (Å²) in [5.41, 5.74) is 7.40. The van der Waals surface area contributed by atoms with Gasteiger partial charge in [-0.2, -0.15) is 0 Å². The average molecular weight is 353 g/mol. The molecular weight excluding hydrogens is 324 g/mol. The number of methoxy groups -OCH3 is 1. The van der Waals surface area contributed by atoms with Gasteiger partial charge in [-0.3, -0.25) is 4.79 Å². The monoisotopic (exact) mass is 352 g/mol. The Morgan fingerprint density at radius 1 is 1.29 bits per heavy atom. The van der Waals surface area contributed by atoms with Gasteiger partial charge in [0.1, 0.15) is 5.75 Å². The Kier molecular flexibility index (Phi) is 6.16. The van der Waals surface area contributed by atoms with Crippen molar-refractivity contribution in [1.29, 1.82) is 0 Å². The van der Waals surface area contributed by atoms with Crippen LogP contribution in [0.2, 0.25) is 0 Å². The first-order valence-corrected chi connectivity index (χ1v) is 8.66. The molecule has 0 aromatic heterocycles. The highest BCUT2D eigenvalue weighted by Crippen LogP contribution is 2.50. The number of amides is 1. The summed E-state index contributed by atoms with van der Waals surface area (Å²) in [5, 5.41) is 0. The van der Waals surface area contributed by atoms with Crippen molar-refractivity contribution in [2.24, 2.45) is 17.1 Å². The molecule has 1 saturated heterocycles. The number of hydrogen-bond donors (Lipinski definition) is 1. The van der Waals surface area contributed by atoms with Crippen LogP contribution >= 0.6 is 12.4 Å². The van der Waals surface area contributed by atoms with E-state index in [-0.39, 0.29) is 17.8 Å². The van der Waals surface area contributed by atoms with Crippen LogP contribution in [0.4, 0.5) is 0 Å². The van der Waals surface area contributed by atoms with E-state index in [1.54, 1.807) is 7.11 Å². The van der Waals surface area contributed by atoms with Gasteiger partial charge in [-0.15, -0.1) is 12.4 Å². The molecule has 1 aromatic carbocycles. The molecule has 0 spiro atoms. The second-order valence-electron chi connectivity index (χ2n) is 7.48. The molecule has 24 heavy (non-hydrogen) atoms. The van der Waals surface area contributed by atoms with E-state index in [2.05, 4.69) is 19.1 Å². The van der Waals surface area contributed by atoms with Gasteiger partial charge < -0.3 is 15.4 Å². The maximum Gasteiger partial charge on any atom is 0.222 e. The molecule has 1 saturated carbocycles. The van der Waals surface area contributed by atoms with Crippen molar-refractivity contribution < 1.29 is 9.53 Å². The van der Waals surface area contributed by atoms with Crippen molar-refractivity contribution in [2.45, 2.75) is 38.5 Å². The quantitative estimate of drug-likeness (QED) is 0.885. The molecule has 2 fully saturated rings. The summed E-state index contributed by atoms with van der Waals surface area (Å²) in [6, 6.07) is 8.26. The van der Waals surface area contributed by atoms with Crippen LogP contribution < -0.4 is 10.5 Å². The summed E-state index contributed by atoms with van der Waals surface area (Å²) in [4.78, 5) is 14.5. The minimum Gasteiger partial charge on any atom is -0.497 e. The Hall–Kier alpha value is -1.26. The first-order valence-electron chi connectivity index (χ1n) is 8.66. The normalized spacial score (nSPS) is 24.9. The molecule has 0 unspecified atom stereocenters. The van der Waals surface area contributed by atoms with Gasteiger partial charge in [-0.1, -0.05) is 19.1 Å². The number of hydrogen-bond acceptors (Lipinski definition) is 3. The Morgan fingerprint density at radius 3 is 2.46 bits per heavy atom. The predicted octanol–water partition coefficient (Wildman–Crippen LogP) is 3.20. The predicted molar refractivity (Wildman–Crippen MR) is 98.7 cm³/mol. The third-order valence-electron chi connectivity index (χ3n) is 5.72. The van der Waals surface area contributed by atoms with Crippen molar-refractivity contribution in [3.05, 3.63) is 29.8 Å². The van der Waals surface area contributed by atoms with E-state index in [0.29, 0.717) is 24.2 Å². The molecular formula is C19H29ClN2O2. The molecule has 3 rings (SSSR count). The molecule has 0 bridgehead atoms. The number of rotatable bonds is 5.